The van der Waals surface area contributed by atoms with Crippen LogP contribution in [-0.2, 0) is 11.2 Å². The molecule has 2 aromatic carbocycles. The number of anilines is 1. The minimum absolute atomic E-state index is 0.0254. The largest absolute Gasteiger partial charge is 0.508 e. The summed E-state index contributed by atoms with van der Waals surface area (Å²) in [6.07, 6.45) is 0.659. The molecular formula is C18H19NO5. The zero-order valence-electron chi connectivity index (χ0n) is 13.6. The first-order valence-electron chi connectivity index (χ1n) is 7.59. The molecule has 1 aliphatic rings. The number of carbonyl (C=O) groups excluding carboxylic acids is 1. The van der Waals surface area contributed by atoms with Crippen molar-refractivity contribution in [1.82, 2.24) is 0 Å². The molecule has 0 saturated heterocycles. The molecule has 0 aliphatic carbocycles. The van der Waals surface area contributed by atoms with E-state index in [1.165, 1.54) is 6.07 Å². The van der Waals surface area contributed by atoms with Crippen molar-refractivity contribution >= 4 is 11.6 Å². The standard InChI is InChI=1S/C18H19NO5/c1-22-15-6-3-12(9-17(15)23-2)7-8-19-14-5-4-13(20)10-16(14)24-11-18(19)21/h3-6,9-10,20H,7-8,11H2,1-2H3. The van der Waals surface area contributed by atoms with E-state index < -0.39 is 0 Å². The number of methoxy groups -OCH3 is 2. The maximum absolute atomic E-state index is 12.2. The fraction of sp³-hybridized carbons (Fsp3) is 0.278. The second-order valence-corrected chi connectivity index (χ2v) is 5.43. The fourth-order valence-corrected chi connectivity index (χ4v) is 2.72. The number of rotatable bonds is 5. The summed E-state index contributed by atoms with van der Waals surface area (Å²) in [7, 11) is 3.19. The highest BCUT2D eigenvalue weighted by Gasteiger charge is 2.25. The summed E-state index contributed by atoms with van der Waals surface area (Å²) in [5.41, 5.74) is 1.71. The molecule has 0 unspecified atom stereocenters. The highest BCUT2D eigenvalue weighted by Crippen LogP contribution is 2.35. The monoisotopic (exact) mass is 329 g/mol. The summed E-state index contributed by atoms with van der Waals surface area (Å²) in [6, 6.07) is 10.5. The molecule has 6 heteroatoms. The molecule has 0 fully saturated rings. The van der Waals surface area contributed by atoms with Gasteiger partial charge in [-0.1, -0.05) is 6.07 Å². The average molecular weight is 329 g/mol. The molecule has 0 atom stereocenters. The second kappa shape index (κ2) is 6.70. The molecule has 0 bridgehead atoms. The second-order valence-electron chi connectivity index (χ2n) is 5.43. The van der Waals surface area contributed by atoms with Gasteiger partial charge >= 0.3 is 0 Å². The number of hydrogen-bond donors (Lipinski definition) is 1. The Kier molecular flexibility index (Phi) is 4.46. The molecule has 0 aromatic heterocycles. The number of phenolic OH excluding ortho intramolecular Hbond substituents is 1. The number of phenols is 1. The Bertz CT molecular complexity index is 759. The molecule has 3 rings (SSSR count). The first-order valence-corrected chi connectivity index (χ1v) is 7.59. The number of benzene rings is 2. The van der Waals surface area contributed by atoms with E-state index in [9.17, 15) is 9.90 Å². The van der Waals surface area contributed by atoms with Gasteiger partial charge < -0.3 is 24.2 Å². The Balaban J connectivity index is 1.78. The Morgan fingerprint density at radius 3 is 2.67 bits per heavy atom. The predicted molar refractivity (Wildman–Crippen MR) is 89.2 cm³/mol. The van der Waals surface area contributed by atoms with E-state index in [1.54, 1.807) is 31.3 Å². The van der Waals surface area contributed by atoms with Gasteiger partial charge in [-0.3, -0.25) is 4.79 Å². The lowest BCUT2D eigenvalue weighted by molar-refractivity contribution is -0.121. The van der Waals surface area contributed by atoms with E-state index in [-0.39, 0.29) is 18.3 Å². The van der Waals surface area contributed by atoms with Crippen LogP contribution in [0.25, 0.3) is 0 Å². The van der Waals surface area contributed by atoms with E-state index in [2.05, 4.69) is 0 Å². The van der Waals surface area contributed by atoms with Gasteiger partial charge in [0.25, 0.3) is 5.91 Å². The van der Waals surface area contributed by atoms with E-state index in [4.69, 9.17) is 14.2 Å². The van der Waals surface area contributed by atoms with Crippen LogP contribution in [0, 0.1) is 0 Å². The number of aromatic hydroxyl groups is 1. The number of amides is 1. The molecule has 2 aromatic rings. The van der Waals surface area contributed by atoms with Gasteiger partial charge in [-0.2, -0.15) is 0 Å². The number of fused-ring (bicyclic) bond motifs is 1. The highest BCUT2D eigenvalue weighted by molar-refractivity contribution is 5.97. The first-order chi connectivity index (χ1) is 11.6. The van der Waals surface area contributed by atoms with Crippen molar-refractivity contribution in [3.05, 3.63) is 42.0 Å². The molecule has 6 nitrogen and oxygen atoms in total. The molecule has 1 N–H and O–H groups in total. The molecular weight excluding hydrogens is 310 g/mol. The van der Waals surface area contributed by atoms with Gasteiger partial charge in [0.15, 0.2) is 18.1 Å². The van der Waals surface area contributed by atoms with Gasteiger partial charge in [0, 0.05) is 12.6 Å². The third-order valence-electron chi connectivity index (χ3n) is 3.96. The van der Waals surface area contributed by atoms with Gasteiger partial charge in [-0.15, -0.1) is 0 Å². The zero-order valence-corrected chi connectivity index (χ0v) is 13.6. The van der Waals surface area contributed by atoms with E-state index in [0.717, 1.165) is 5.56 Å². The smallest absolute Gasteiger partial charge is 0.265 e. The van der Waals surface area contributed by atoms with Gasteiger partial charge in [-0.05, 0) is 36.2 Å². The van der Waals surface area contributed by atoms with Crippen LogP contribution in [0.1, 0.15) is 5.56 Å². The quantitative estimate of drug-likeness (QED) is 0.912. The van der Waals surface area contributed by atoms with Crippen LogP contribution in [0.2, 0.25) is 0 Å². The summed E-state index contributed by atoms with van der Waals surface area (Å²) in [5.74, 6) is 1.86. The lowest BCUT2D eigenvalue weighted by Gasteiger charge is -2.29. The van der Waals surface area contributed by atoms with Crippen molar-refractivity contribution < 1.29 is 24.1 Å². The first kappa shape index (κ1) is 16.0. The van der Waals surface area contributed by atoms with Crippen LogP contribution < -0.4 is 19.1 Å². The van der Waals surface area contributed by atoms with Crippen LogP contribution in [0.3, 0.4) is 0 Å². The highest BCUT2D eigenvalue weighted by atomic mass is 16.5. The summed E-state index contributed by atoms with van der Waals surface area (Å²) in [4.78, 5) is 13.9. The Hall–Kier alpha value is -2.89. The molecule has 1 amide bonds. The summed E-state index contributed by atoms with van der Waals surface area (Å²) in [6.45, 7) is 0.484. The van der Waals surface area contributed by atoms with Crippen LogP contribution in [0.4, 0.5) is 5.69 Å². The van der Waals surface area contributed by atoms with E-state index in [0.29, 0.717) is 35.9 Å². The topological polar surface area (TPSA) is 68.2 Å². The van der Waals surface area contributed by atoms with Crippen molar-refractivity contribution in [2.45, 2.75) is 6.42 Å². The Morgan fingerprint density at radius 1 is 1.12 bits per heavy atom. The van der Waals surface area contributed by atoms with Crippen LogP contribution in [-0.4, -0.2) is 38.4 Å². The van der Waals surface area contributed by atoms with E-state index >= 15 is 0 Å². The summed E-state index contributed by atoms with van der Waals surface area (Å²) in [5, 5.41) is 9.55. The van der Waals surface area contributed by atoms with Crippen LogP contribution >= 0.6 is 0 Å². The van der Waals surface area contributed by atoms with Gasteiger partial charge in [0.05, 0.1) is 19.9 Å². The normalized spacial score (nSPS) is 13.2. The minimum Gasteiger partial charge on any atom is -0.508 e. The number of nitrogens with zero attached hydrogens (tertiary/aromatic N) is 1. The molecule has 24 heavy (non-hydrogen) atoms. The predicted octanol–water partition coefficient (Wildman–Crippen LogP) is 2.38. The molecule has 0 saturated carbocycles. The van der Waals surface area contributed by atoms with Crippen molar-refractivity contribution in [3.8, 4) is 23.0 Å². The number of carbonyl (C=O) groups is 1. The maximum Gasteiger partial charge on any atom is 0.265 e. The maximum atomic E-state index is 12.2. The third-order valence-corrected chi connectivity index (χ3v) is 3.96. The number of ether oxygens (including phenoxy) is 3. The SMILES string of the molecule is COc1ccc(CCN2C(=O)COc3cc(O)ccc32)cc1OC. The summed E-state index contributed by atoms with van der Waals surface area (Å²) < 4.78 is 15.9. The Labute approximate surface area is 140 Å². The molecule has 0 radical (unpaired) electrons. The molecule has 1 heterocycles. The van der Waals surface area contributed by atoms with E-state index in [1.807, 2.05) is 18.2 Å². The van der Waals surface area contributed by atoms with Gasteiger partial charge in [0.2, 0.25) is 0 Å². The minimum atomic E-state index is -0.103. The molecule has 126 valence electrons. The summed E-state index contributed by atoms with van der Waals surface area (Å²) >= 11 is 0. The van der Waals surface area contributed by atoms with Crippen molar-refractivity contribution in [2.75, 3.05) is 32.3 Å². The van der Waals surface area contributed by atoms with Crippen LogP contribution in [0.15, 0.2) is 36.4 Å². The lowest BCUT2D eigenvalue weighted by Crippen LogP contribution is -2.40. The third kappa shape index (κ3) is 3.08. The zero-order chi connectivity index (χ0) is 17.1. The molecule has 0 spiro atoms. The van der Waals surface area contributed by atoms with Crippen LogP contribution in [0.5, 0.6) is 23.0 Å². The fourth-order valence-electron chi connectivity index (χ4n) is 2.72. The van der Waals surface area contributed by atoms with Crippen molar-refractivity contribution in [2.24, 2.45) is 0 Å². The van der Waals surface area contributed by atoms with Gasteiger partial charge in [0.1, 0.15) is 11.5 Å². The molecule has 1 aliphatic heterocycles. The van der Waals surface area contributed by atoms with Crippen molar-refractivity contribution in [3.63, 3.8) is 0 Å². The van der Waals surface area contributed by atoms with Crippen molar-refractivity contribution in [1.29, 1.82) is 0 Å². The Morgan fingerprint density at radius 2 is 1.92 bits per heavy atom. The van der Waals surface area contributed by atoms with Gasteiger partial charge in [-0.25, -0.2) is 0 Å². The lowest BCUT2D eigenvalue weighted by atomic mass is 10.1. The number of hydrogen-bond acceptors (Lipinski definition) is 5. The average Bonchev–Trinajstić information content (AvgIpc) is 2.60.